The summed E-state index contributed by atoms with van der Waals surface area (Å²) in [6.07, 6.45) is 4.65. The molecule has 1 N–H and O–H groups in total. The number of allylic oxidation sites excluding steroid dienone is 2. The summed E-state index contributed by atoms with van der Waals surface area (Å²) in [6, 6.07) is 17.1. The second-order valence-corrected chi connectivity index (χ2v) is 11.0. The molecule has 2 atom stereocenters. The highest BCUT2D eigenvalue weighted by molar-refractivity contribution is 7.09. The predicted octanol–water partition coefficient (Wildman–Crippen LogP) is 5.78. The van der Waals surface area contributed by atoms with Crippen molar-refractivity contribution in [1.29, 1.82) is 0 Å². The van der Waals surface area contributed by atoms with Crippen molar-refractivity contribution < 1.29 is 28.6 Å². The molecule has 4 rings (SSSR count). The number of benzene rings is 2. The molecule has 1 fully saturated rings. The van der Waals surface area contributed by atoms with Crippen LogP contribution in [0.15, 0.2) is 77.2 Å². The Morgan fingerprint density at radius 1 is 1.10 bits per heavy atom. The van der Waals surface area contributed by atoms with Crippen LogP contribution >= 0.6 is 11.3 Å². The summed E-state index contributed by atoms with van der Waals surface area (Å²) in [5.74, 6) is -0.861. The third-order valence-corrected chi connectivity index (χ3v) is 7.59. The lowest BCUT2D eigenvalue weighted by Gasteiger charge is -2.18. The van der Waals surface area contributed by atoms with Crippen molar-refractivity contribution in [2.45, 2.75) is 58.8 Å². The van der Waals surface area contributed by atoms with Crippen molar-refractivity contribution >= 4 is 35.1 Å². The first-order chi connectivity index (χ1) is 20.3. The van der Waals surface area contributed by atoms with Crippen LogP contribution < -0.4 is 10.1 Å². The van der Waals surface area contributed by atoms with E-state index in [-0.39, 0.29) is 5.97 Å². The molecule has 1 aliphatic rings. The topological polar surface area (TPSA) is 104 Å². The minimum atomic E-state index is -0.696. The molecule has 0 aliphatic carbocycles. The van der Waals surface area contributed by atoms with E-state index in [1.807, 2.05) is 73.0 Å². The Bertz CT molecular complexity index is 1420. The number of carbonyl (C=O) groups excluding carboxylic acids is 3. The van der Waals surface area contributed by atoms with Crippen molar-refractivity contribution in [2.24, 2.45) is 0 Å². The molecule has 0 saturated carbocycles. The van der Waals surface area contributed by atoms with Crippen LogP contribution in [-0.2, 0) is 36.9 Å². The van der Waals surface area contributed by atoms with E-state index in [9.17, 15) is 14.4 Å². The minimum Gasteiger partial charge on any atom is -0.489 e. The highest BCUT2D eigenvalue weighted by Gasteiger charge is 2.31. The van der Waals surface area contributed by atoms with Gasteiger partial charge in [-0.2, -0.15) is 0 Å². The van der Waals surface area contributed by atoms with Crippen LogP contribution in [0.2, 0.25) is 0 Å². The van der Waals surface area contributed by atoms with Crippen molar-refractivity contribution in [3.8, 4) is 5.75 Å². The lowest BCUT2D eigenvalue weighted by Crippen LogP contribution is -2.40. The Hall–Kier alpha value is -4.08. The Morgan fingerprint density at radius 3 is 2.55 bits per heavy atom. The molecule has 0 bridgehead atoms. The van der Waals surface area contributed by atoms with Crippen molar-refractivity contribution in [3.05, 3.63) is 99.0 Å². The van der Waals surface area contributed by atoms with E-state index in [4.69, 9.17) is 19.2 Å². The number of nitrogens with one attached hydrogen (secondary N) is 1. The SMILES string of the molecule is CCOC(=O)/C(C)=C\C(C)=C\c1csc([C@H](Cc2ccc(OCc3ccccc3)cc2)NC(=O)C(=O)C2CCCO2)n1. The fourth-order valence-electron chi connectivity index (χ4n) is 4.51. The molecule has 2 aromatic carbocycles. The number of rotatable bonds is 13. The number of hydrogen-bond acceptors (Lipinski definition) is 8. The molecule has 3 aromatic rings. The molecule has 9 heteroatoms. The van der Waals surface area contributed by atoms with Gasteiger partial charge in [-0.1, -0.05) is 42.5 Å². The van der Waals surface area contributed by atoms with Gasteiger partial charge >= 0.3 is 5.97 Å². The van der Waals surface area contributed by atoms with Gasteiger partial charge in [0.1, 0.15) is 23.5 Å². The largest absolute Gasteiger partial charge is 0.489 e. The second-order valence-electron chi connectivity index (χ2n) is 10.1. The summed E-state index contributed by atoms with van der Waals surface area (Å²) >= 11 is 1.40. The number of thiazole rings is 1. The fourth-order valence-corrected chi connectivity index (χ4v) is 5.33. The average Bonchev–Trinajstić information content (AvgIpc) is 3.69. The zero-order chi connectivity index (χ0) is 29.9. The van der Waals surface area contributed by atoms with Gasteiger partial charge in [0.2, 0.25) is 5.78 Å². The number of aromatic nitrogens is 1. The minimum absolute atomic E-state index is 0.314. The maximum atomic E-state index is 13.0. The van der Waals surface area contributed by atoms with Crippen LogP contribution in [0.5, 0.6) is 5.75 Å². The van der Waals surface area contributed by atoms with Gasteiger partial charge in [-0.15, -0.1) is 11.3 Å². The van der Waals surface area contributed by atoms with Gasteiger partial charge in [0.15, 0.2) is 0 Å². The molecule has 2 heterocycles. The number of nitrogens with zero attached hydrogens (tertiary/aromatic N) is 1. The maximum Gasteiger partial charge on any atom is 0.333 e. The number of carbonyl (C=O) groups is 3. The first-order valence-electron chi connectivity index (χ1n) is 14.0. The molecule has 1 unspecified atom stereocenters. The Kier molecular flexibility index (Phi) is 11.2. The third-order valence-electron chi connectivity index (χ3n) is 6.62. The molecule has 1 amide bonds. The zero-order valence-corrected chi connectivity index (χ0v) is 24.9. The summed E-state index contributed by atoms with van der Waals surface area (Å²) < 4.78 is 16.4. The van der Waals surface area contributed by atoms with Crippen LogP contribution in [0.25, 0.3) is 6.08 Å². The van der Waals surface area contributed by atoms with E-state index in [0.717, 1.165) is 28.9 Å². The van der Waals surface area contributed by atoms with Gasteiger partial charge in [0, 0.05) is 17.6 Å². The van der Waals surface area contributed by atoms with Crippen molar-refractivity contribution in [2.75, 3.05) is 13.2 Å². The molecular formula is C33H36N2O6S. The Morgan fingerprint density at radius 2 is 1.86 bits per heavy atom. The van der Waals surface area contributed by atoms with Gasteiger partial charge in [-0.3, -0.25) is 9.59 Å². The van der Waals surface area contributed by atoms with E-state index in [0.29, 0.717) is 48.9 Å². The van der Waals surface area contributed by atoms with E-state index in [2.05, 4.69) is 5.32 Å². The van der Waals surface area contributed by atoms with E-state index >= 15 is 0 Å². The molecule has 1 aromatic heterocycles. The molecule has 42 heavy (non-hydrogen) atoms. The average molecular weight is 589 g/mol. The summed E-state index contributed by atoms with van der Waals surface area (Å²) in [5, 5.41) is 5.45. The van der Waals surface area contributed by atoms with Crippen molar-refractivity contribution in [1.82, 2.24) is 10.3 Å². The molecule has 8 nitrogen and oxygen atoms in total. The van der Waals surface area contributed by atoms with Gasteiger partial charge in [-0.05, 0) is 81.0 Å². The van der Waals surface area contributed by atoms with Crippen LogP contribution in [0.3, 0.4) is 0 Å². The third kappa shape index (κ3) is 8.96. The molecule has 1 aliphatic heterocycles. The van der Waals surface area contributed by atoms with Gasteiger partial charge in [-0.25, -0.2) is 9.78 Å². The highest BCUT2D eigenvalue weighted by Crippen LogP contribution is 2.26. The smallest absolute Gasteiger partial charge is 0.333 e. The number of ketones is 1. The van der Waals surface area contributed by atoms with Crippen LogP contribution in [0.4, 0.5) is 0 Å². The van der Waals surface area contributed by atoms with Gasteiger partial charge in [0.25, 0.3) is 5.91 Å². The molecule has 1 saturated heterocycles. The molecule has 0 spiro atoms. The first-order valence-corrected chi connectivity index (χ1v) is 14.9. The molecular weight excluding hydrogens is 552 g/mol. The normalized spacial score (nSPS) is 16.1. The van der Waals surface area contributed by atoms with Crippen LogP contribution in [-0.4, -0.2) is 42.0 Å². The predicted molar refractivity (Wildman–Crippen MR) is 162 cm³/mol. The molecule has 220 valence electrons. The van der Waals surface area contributed by atoms with Crippen molar-refractivity contribution in [3.63, 3.8) is 0 Å². The lowest BCUT2D eigenvalue weighted by atomic mass is 10.0. The number of esters is 1. The lowest BCUT2D eigenvalue weighted by molar-refractivity contribution is -0.143. The van der Waals surface area contributed by atoms with Gasteiger partial charge < -0.3 is 19.5 Å². The van der Waals surface area contributed by atoms with Gasteiger partial charge in [0.05, 0.1) is 18.3 Å². The number of Topliss-reactive ketones (excluding diaryl/α,β-unsaturated/α-hetero) is 1. The summed E-state index contributed by atoms with van der Waals surface area (Å²) in [4.78, 5) is 42.4. The maximum absolute atomic E-state index is 13.0. The Labute approximate surface area is 250 Å². The number of hydrogen-bond donors (Lipinski definition) is 1. The summed E-state index contributed by atoms with van der Waals surface area (Å²) in [7, 11) is 0. The standard InChI is InChI=1S/C33H36N2O6S/c1-4-39-33(38)23(3)17-22(2)18-26-21-42-32(34-26)28(35-31(37)30(36)29-11-8-16-40-29)19-24-12-14-27(15-13-24)41-20-25-9-6-5-7-10-25/h5-7,9-10,12-15,17-18,21,28-29H,4,8,11,16,19-20H2,1-3H3,(H,35,37)/b22-18+,23-17-/t28-,29?/m0/s1. The molecule has 0 radical (unpaired) electrons. The summed E-state index contributed by atoms with van der Waals surface area (Å²) in [5.41, 5.74) is 4.05. The fraction of sp³-hybridized carbons (Fsp3) is 0.333. The number of ether oxygens (including phenoxy) is 3. The van der Waals surface area contributed by atoms with E-state index < -0.39 is 23.8 Å². The quantitative estimate of drug-likeness (QED) is 0.117. The number of amides is 1. The zero-order valence-electron chi connectivity index (χ0n) is 24.1. The second kappa shape index (κ2) is 15.2. The Balaban J connectivity index is 1.49. The van der Waals surface area contributed by atoms with E-state index in [1.54, 1.807) is 19.9 Å². The first kappa shape index (κ1) is 30.9. The highest BCUT2D eigenvalue weighted by atomic mass is 32.1. The van der Waals surface area contributed by atoms with Crippen LogP contribution in [0.1, 0.15) is 61.5 Å². The monoisotopic (exact) mass is 588 g/mol. The summed E-state index contributed by atoms with van der Waals surface area (Å²) in [6.45, 7) is 6.61. The van der Waals surface area contributed by atoms with Crippen LogP contribution in [0, 0.1) is 0 Å². The van der Waals surface area contributed by atoms with E-state index in [1.165, 1.54) is 11.3 Å².